The number of rotatable bonds is 7. The van der Waals surface area contributed by atoms with Gasteiger partial charge < -0.3 is 19.9 Å². The fourth-order valence-corrected chi connectivity index (χ4v) is 4.90. The second-order valence-electron chi connectivity index (χ2n) is 8.53. The third kappa shape index (κ3) is 6.23. The molecule has 0 spiro atoms. The van der Waals surface area contributed by atoms with Gasteiger partial charge in [-0.15, -0.1) is 24.0 Å². The van der Waals surface area contributed by atoms with E-state index in [-0.39, 0.29) is 29.5 Å². The quantitative estimate of drug-likeness (QED) is 0.313. The minimum atomic E-state index is 0. The molecule has 2 fully saturated rings. The van der Waals surface area contributed by atoms with Crippen LogP contribution in [0.4, 0.5) is 0 Å². The first-order valence-electron chi connectivity index (χ1n) is 11.7. The van der Waals surface area contributed by atoms with Gasteiger partial charge in [-0.05, 0) is 31.4 Å². The Bertz CT molecular complexity index is 829. The normalized spacial score (nSPS) is 19.2. The molecule has 7 nitrogen and oxygen atoms in total. The van der Waals surface area contributed by atoms with Gasteiger partial charge in [0.25, 0.3) is 0 Å². The van der Waals surface area contributed by atoms with Gasteiger partial charge in [0.15, 0.2) is 5.96 Å². The summed E-state index contributed by atoms with van der Waals surface area (Å²) in [6.45, 7) is 8.29. The number of nitrogens with zero attached hydrogens (tertiary/aromatic N) is 4. The number of para-hydroxylation sites is 1. The van der Waals surface area contributed by atoms with Crippen LogP contribution in [0.1, 0.15) is 44.6 Å². The standard InChI is InChI=1S/C24H36N6O.HI/c1-2-26-23(27-18-21-8-4-5-9-22(21)29-13-12-25-20-29)28-19-24(10-6-3-7-11-24)30-14-16-31-17-15-30;/h4-5,8-9,12-13,20H,2-3,6-7,10-11,14-19H2,1H3,(H2,26,27,28);1H. The largest absolute Gasteiger partial charge is 0.379 e. The van der Waals surface area contributed by atoms with Crippen molar-refractivity contribution >= 4 is 29.9 Å². The number of nitrogens with one attached hydrogen (secondary N) is 2. The Morgan fingerprint density at radius 3 is 2.62 bits per heavy atom. The van der Waals surface area contributed by atoms with Crippen LogP contribution >= 0.6 is 24.0 Å². The molecule has 0 atom stereocenters. The fourth-order valence-electron chi connectivity index (χ4n) is 4.90. The first-order chi connectivity index (χ1) is 15.3. The van der Waals surface area contributed by atoms with Crippen molar-refractivity contribution < 1.29 is 4.74 Å². The van der Waals surface area contributed by atoms with E-state index in [2.05, 4.69) is 51.7 Å². The number of aromatic nitrogens is 2. The summed E-state index contributed by atoms with van der Waals surface area (Å²) in [4.78, 5) is 11.8. The lowest BCUT2D eigenvalue weighted by Gasteiger charge is -2.48. The van der Waals surface area contributed by atoms with Gasteiger partial charge in [-0.2, -0.15) is 0 Å². The highest BCUT2D eigenvalue weighted by molar-refractivity contribution is 14.0. The molecule has 2 aromatic rings. The zero-order valence-corrected chi connectivity index (χ0v) is 21.5. The molecule has 2 aliphatic rings. The molecule has 0 amide bonds. The molecule has 176 valence electrons. The number of imidazole rings is 1. The number of guanidine groups is 1. The molecule has 8 heteroatoms. The van der Waals surface area contributed by atoms with Crippen LogP contribution in [0, 0.1) is 0 Å². The SMILES string of the molecule is CCNC(=NCc1ccccc1-n1ccnc1)NCC1(N2CCOCC2)CCCCC1.I. The third-order valence-electron chi connectivity index (χ3n) is 6.58. The third-order valence-corrected chi connectivity index (χ3v) is 6.58. The van der Waals surface area contributed by atoms with Crippen molar-refractivity contribution in [2.45, 2.75) is 51.1 Å². The molecule has 1 aliphatic carbocycles. The molecule has 1 saturated heterocycles. The summed E-state index contributed by atoms with van der Waals surface area (Å²) >= 11 is 0. The van der Waals surface area contributed by atoms with Crippen molar-refractivity contribution in [3.63, 3.8) is 0 Å². The Morgan fingerprint density at radius 2 is 1.91 bits per heavy atom. The van der Waals surface area contributed by atoms with E-state index in [0.29, 0.717) is 6.54 Å². The summed E-state index contributed by atoms with van der Waals surface area (Å²) in [5.74, 6) is 0.890. The van der Waals surface area contributed by atoms with Crippen LogP contribution in [0.2, 0.25) is 0 Å². The van der Waals surface area contributed by atoms with E-state index >= 15 is 0 Å². The lowest BCUT2D eigenvalue weighted by atomic mass is 9.80. The van der Waals surface area contributed by atoms with Gasteiger partial charge in [0.2, 0.25) is 0 Å². The molecule has 2 heterocycles. The molecular weight excluding hydrogens is 515 g/mol. The maximum atomic E-state index is 5.62. The number of hydrogen-bond donors (Lipinski definition) is 2. The van der Waals surface area contributed by atoms with E-state index in [1.807, 2.05) is 17.1 Å². The van der Waals surface area contributed by atoms with Crippen LogP contribution in [0.3, 0.4) is 0 Å². The van der Waals surface area contributed by atoms with Crippen molar-refractivity contribution in [2.75, 3.05) is 39.4 Å². The molecule has 1 aromatic heterocycles. The van der Waals surface area contributed by atoms with Crippen LogP contribution in [0.25, 0.3) is 5.69 Å². The maximum Gasteiger partial charge on any atom is 0.191 e. The number of morpholine rings is 1. The predicted molar refractivity (Wildman–Crippen MR) is 140 cm³/mol. The molecular formula is C24H37IN6O. The smallest absolute Gasteiger partial charge is 0.191 e. The molecule has 1 aromatic carbocycles. The van der Waals surface area contributed by atoms with Gasteiger partial charge in [-0.25, -0.2) is 9.98 Å². The molecule has 2 N–H and O–H groups in total. The van der Waals surface area contributed by atoms with E-state index in [4.69, 9.17) is 9.73 Å². The van der Waals surface area contributed by atoms with Crippen LogP contribution in [0.5, 0.6) is 0 Å². The molecule has 4 rings (SSSR count). The van der Waals surface area contributed by atoms with E-state index < -0.39 is 0 Å². The molecule has 0 bridgehead atoms. The fraction of sp³-hybridized carbons (Fsp3) is 0.583. The summed E-state index contributed by atoms with van der Waals surface area (Å²) in [6, 6.07) is 8.38. The van der Waals surface area contributed by atoms with Gasteiger partial charge in [-0.3, -0.25) is 4.90 Å². The lowest BCUT2D eigenvalue weighted by molar-refractivity contribution is -0.0352. The van der Waals surface area contributed by atoms with Crippen molar-refractivity contribution in [3.05, 3.63) is 48.5 Å². The average molecular weight is 553 g/mol. The number of hydrogen-bond acceptors (Lipinski definition) is 4. The van der Waals surface area contributed by atoms with Crippen LogP contribution in [0.15, 0.2) is 48.0 Å². The van der Waals surface area contributed by atoms with Crippen LogP contribution in [-0.2, 0) is 11.3 Å². The van der Waals surface area contributed by atoms with Crippen molar-refractivity contribution in [3.8, 4) is 5.69 Å². The van der Waals surface area contributed by atoms with Gasteiger partial charge >= 0.3 is 0 Å². The summed E-state index contributed by atoms with van der Waals surface area (Å²) in [5.41, 5.74) is 2.52. The van der Waals surface area contributed by atoms with E-state index in [9.17, 15) is 0 Å². The lowest BCUT2D eigenvalue weighted by Crippen LogP contribution is -2.60. The monoisotopic (exact) mass is 552 g/mol. The predicted octanol–water partition coefficient (Wildman–Crippen LogP) is 3.58. The molecule has 1 saturated carbocycles. The van der Waals surface area contributed by atoms with E-state index in [1.165, 1.54) is 37.7 Å². The Balaban J connectivity index is 0.00000289. The van der Waals surface area contributed by atoms with Crippen LogP contribution in [-0.4, -0.2) is 65.3 Å². The van der Waals surface area contributed by atoms with E-state index in [1.54, 1.807) is 6.20 Å². The Kier molecular flexibility index (Phi) is 9.80. The average Bonchev–Trinajstić information content (AvgIpc) is 3.37. The van der Waals surface area contributed by atoms with Gasteiger partial charge in [0, 0.05) is 44.1 Å². The highest BCUT2D eigenvalue weighted by atomic mass is 127. The minimum Gasteiger partial charge on any atom is -0.379 e. The highest BCUT2D eigenvalue weighted by Crippen LogP contribution is 2.33. The Morgan fingerprint density at radius 1 is 1.12 bits per heavy atom. The zero-order valence-electron chi connectivity index (χ0n) is 19.1. The number of aliphatic imine (C=N–C) groups is 1. The van der Waals surface area contributed by atoms with E-state index in [0.717, 1.165) is 51.0 Å². The summed E-state index contributed by atoms with van der Waals surface area (Å²) in [5, 5.41) is 7.13. The Hall–Kier alpha value is -1.65. The van der Waals surface area contributed by atoms with Gasteiger partial charge in [-0.1, -0.05) is 37.5 Å². The van der Waals surface area contributed by atoms with Crippen molar-refractivity contribution in [2.24, 2.45) is 4.99 Å². The highest BCUT2D eigenvalue weighted by Gasteiger charge is 2.38. The topological polar surface area (TPSA) is 66.7 Å². The van der Waals surface area contributed by atoms with Crippen LogP contribution < -0.4 is 10.6 Å². The molecule has 0 radical (unpaired) electrons. The maximum absolute atomic E-state index is 5.62. The number of benzene rings is 1. The summed E-state index contributed by atoms with van der Waals surface area (Å²) in [6.07, 6.45) is 12.1. The molecule has 1 aliphatic heterocycles. The first-order valence-corrected chi connectivity index (χ1v) is 11.7. The van der Waals surface area contributed by atoms with Gasteiger partial charge in [0.05, 0.1) is 31.8 Å². The second-order valence-corrected chi connectivity index (χ2v) is 8.53. The summed E-state index contributed by atoms with van der Waals surface area (Å²) < 4.78 is 7.67. The zero-order chi connectivity index (χ0) is 21.4. The number of halogens is 1. The van der Waals surface area contributed by atoms with Gasteiger partial charge in [0.1, 0.15) is 0 Å². The second kappa shape index (κ2) is 12.6. The molecule has 0 unspecified atom stereocenters. The summed E-state index contributed by atoms with van der Waals surface area (Å²) in [7, 11) is 0. The first kappa shape index (κ1) is 25.0. The van der Waals surface area contributed by atoms with Crippen molar-refractivity contribution in [1.29, 1.82) is 0 Å². The van der Waals surface area contributed by atoms with Crippen molar-refractivity contribution in [1.82, 2.24) is 25.1 Å². The number of ether oxygens (including phenoxy) is 1. The minimum absolute atomic E-state index is 0. The molecule has 32 heavy (non-hydrogen) atoms. The Labute approximate surface area is 209 Å².